The molecule has 0 aliphatic heterocycles. The van der Waals surface area contributed by atoms with Crippen LogP contribution in [0.4, 0.5) is 5.69 Å². The van der Waals surface area contributed by atoms with Gasteiger partial charge in [0, 0.05) is 28.7 Å². The van der Waals surface area contributed by atoms with Gasteiger partial charge in [-0.1, -0.05) is 41.9 Å². The van der Waals surface area contributed by atoms with E-state index in [4.69, 9.17) is 11.6 Å². The summed E-state index contributed by atoms with van der Waals surface area (Å²) in [5.41, 5.74) is 1.33. The van der Waals surface area contributed by atoms with Gasteiger partial charge in [-0.3, -0.25) is 4.98 Å². The Labute approximate surface area is 151 Å². The molecule has 1 aromatic heterocycles. The lowest BCUT2D eigenvalue weighted by Crippen LogP contribution is -2.16. The third-order valence-corrected chi connectivity index (χ3v) is 4.86. The van der Waals surface area contributed by atoms with E-state index in [2.05, 4.69) is 14.7 Å². The second-order valence-corrected chi connectivity index (χ2v) is 7.14. The zero-order valence-corrected chi connectivity index (χ0v) is 14.6. The number of halogens is 1. The molecule has 1 heterocycles. The van der Waals surface area contributed by atoms with Crippen LogP contribution in [-0.4, -0.2) is 19.2 Å². The molecule has 5 nitrogen and oxygen atoms in total. The SMILES string of the molecule is O=S(=O)(N=C(Nc1ccncc1)c1ccccc1)c1ccc(Cl)cc1. The molecule has 25 heavy (non-hydrogen) atoms. The van der Waals surface area contributed by atoms with Crippen molar-refractivity contribution in [1.29, 1.82) is 0 Å². The van der Waals surface area contributed by atoms with Crippen LogP contribution in [0.25, 0.3) is 0 Å². The number of amidine groups is 1. The third-order valence-electron chi connectivity index (χ3n) is 3.31. The highest BCUT2D eigenvalue weighted by Crippen LogP contribution is 2.18. The number of anilines is 1. The Morgan fingerprint density at radius 1 is 0.920 bits per heavy atom. The number of aromatic nitrogens is 1. The van der Waals surface area contributed by atoms with Gasteiger partial charge in [0.05, 0.1) is 4.90 Å². The summed E-state index contributed by atoms with van der Waals surface area (Å²) in [6, 6.07) is 18.4. The van der Waals surface area contributed by atoms with Gasteiger partial charge in [0.15, 0.2) is 5.84 Å². The lowest BCUT2D eigenvalue weighted by Gasteiger charge is -2.10. The molecule has 1 N–H and O–H groups in total. The van der Waals surface area contributed by atoms with E-state index in [9.17, 15) is 8.42 Å². The first-order chi connectivity index (χ1) is 12.0. The maximum atomic E-state index is 12.6. The minimum Gasteiger partial charge on any atom is -0.339 e. The average molecular weight is 372 g/mol. The predicted molar refractivity (Wildman–Crippen MR) is 99.5 cm³/mol. The van der Waals surface area contributed by atoms with E-state index in [1.54, 1.807) is 36.7 Å². The number of pyridine rings is 1. The van der Waals surface area contributed by atoms with Crippen molar-refractivity contribution in [3.63, 3.8) is 0 Å². The highest BCUT2D eigenvalue weighted by atomic mass is 35.5. The van der Waals surface area contributed by atoms with Crippen LogP contribution in [0.3, 0.4) is 0 Å². The van der Waals surface area contributed by atoms with Gasteiger partial charge in [-0.25, -0.2) is 0 Å². The fraction of sp³-hybridized carbons (Fsp3) is 0. The molecule has 7 heteroatoms. The van der Waals surface area contributed by atoms with Crippen molar-refractivity contribution in [3.8, 4) is 0 Å². The molecule has 0 fully saturated rings. The summed E-state index contributed by atoms with van der Waals surface area (Å²) in [6.45, 7) is 0. The van der Waals surface area contributed by atoms with Gasteiger partial charge in [-0.05, 0) is 36.4 Å². The number of nitrogens with one attached hydrogen (secondary N) is 1. The van der Waals surface area contributed by atoms with E-state index >= 15 is 0 Å². The summed E-state index contributed by atoms with van der Waals surface area (Å²) < 4.78 is 29.3. The van der Waals surface area contributed by atoms with Crippen molar-refractivity contribution in [1.82, 2.24) is 4.98 Å². The van der Waals surface area contributed by atoms with Gasteiger partial charge in [-0.15, -0.1) is 4.40 Å². The minimum absolute atomic E-state index is 0.0712. The Morgan fingerprint density at radius 3 is 2.20 bits per heavy atom. The third kappa shape index (κ3) is 4.43. The summed E-state index contributed by atoms with van der Waals surface area (Å²) in [6.07, 6.45) is 3.22. The largest absolute Gasteiger partial charge is 0.339 e. The van der Waals surface area contributed by atoms with Crippen molar-refractivity contribution in [2.75, 3.05) is 5.32 Å². The van der Waals surface area contributed by atoms with Crippen LogP contribution in [0.2, 0.25) is 5.02 Å². The smallest absolute Gasteiger partial charge is 0.284 e. The summed E-state index contributed by atoms with van der Waals surface area (Å²) in [5, 5.41) is 3.50. The second-order valence-electron chi connectivity index (χ2n) is 5.10. The quantitative estimate of drug-likeness (QED) is 0.556. The maximum absolute atomic E-state index is 12.6. The Kier molecular flexibility index (Phi) is 5.11. The summed E-state index contributed by atoms with van der Waals surface area (Å²) in [4.78, 5) is 4.02. The van der Waals surface area contributed by atoms with E-state index < -0.39 is 10.0 Å². The van der Waals surface area contributed by atoms with Crippen LogP contribution >= 0.6 is 11.6 Å². The lowest BCUT2D eigenvalue weighted by atomic mass is 10.2. The lowest BCUT2D eigenvalue weighted by molar-refractivity contribution is 0.598. The van der Waals surface area contributed by atoms with Gasteiger partial charge in [0.25, 0.3) is 10.0 Å². The Balaban J connectivity index is 2.04. The molecule has 0 radical (unpaired) electrons. The van der Waals surface area contributed by atoms with Gasteiger partial charge >= 0.3 is 0 Å². The number of benzene rings is 2. The highest BCUT2D eigenvalue weighted by Gasteiger charge is 2.15. The summed E-state index contributed by atoms with van der Waals surface area (Å²) in [7, 11) is -3.89. The van der Waals surface area contributed by atoms with E-state index in [1.807, 2.05) is 18.2 Å². The first-order valence-electron chi connectivity index (χ1n) is 7.38. The van der Waals surface area contributed by atoms with Crippen molar-refractivity contribution in [2.24, 2.45) is 4.40 Å². The van der Waals surface area contributed by atoms with Gasteiger partial charge in [-0.2, -0.15) is 8.42 Å². The average Bonchev–Trinajstić information content (AvgIpc) is 2.63. The fourth-order valence-corrected chi connectivity index (χ4v) is 3.20. The van der Waals surface area contributed by atoms with Crippen LogP contribution in [0.1, 0.15) is 5.56 Å². The first-order valence-corrected chi connectivity index (χ1v) is 9.19. The Morgan fingerprint density at radius 2 is 1.56 bits per heavy atom. The number of rotatable bonds is 4. The molecule has 126 valence electrons. The van der Waals surface area contributed by atoms with Crippen LogP contribution in [0, 0.1) is 0 Å². The molecule has 0 aliphatic carbocycles. The van der Waals surface area contributed by atoms with Crippen molar-refractivity contribution in [2.45, 2.75) is 4.90 Å². The van der Waals surface area contributed by atoms with Crippen LogP contribution in [-0.2, 0) is 10.0 Å². The van der Waals surface area contributed by atoms with E-state index in [0.29, 0.717) is 16.3 Å². The molecule has 3 aromatic rings. The normalized spacial score (nSPS) is 12.0. The standard InChI is InChI=1S/C18H14ClN3O2S/c19-15-6-8-17(9-7-15)25(23,24)22-18(14-4-2-1-3-5-14)21-16-10-12-20-13-11-16/h1-13H,(H,20,21,22). The molecule has 0 aliphatic rings. The molecular weight excluding hydrogens is 358 g/mol. The first kappa shape index (κ1) is 17.1. The van der Waals surface area contributed by atoms with Crippen LogP contribution < -0.4 is 5.32 Å². The van der Waals surface area contributed by atoms with Gasteiger partial charge in [0.2, 0.25) is 0 Å². The van der Waals surface area contributed by atoms with E-state index in [-0.39, 0.29) is 10.7 Å². The molecule has 3 rings (SSSR count). The maximum Gasteiger partial charge on any atom is 0.284 e. The minimum atomic E-state index is -3.89. The molecule has 0 spiro atoms. The molecule has 0 saturated heterocycles. The number of hydrogen-bond acceptors (Lipinski definition) is 3. The Bertz CT molecular complexity index is 974. The summed E-state index contributed by atoms with van der Waals surface area (Å²) >= 11 is 5.82. The summed E-state index contributed by atoms with van der Waals surface area (Å²) in [5.74, 6) is 0.224. The monoisotopic (exact) mass is 371 g/mol. The molecule has 2 aromatic carbocycles. The van der Waals surface area contributed by atoms with Crippen LogP contribution in [0.5, 0.6) is 0 Å². The zero-order chi connectivity index (χ0) is 17.7. The molecule has 0 atom stereocenters. The van der Waals surface area contributed by atoms with Gasteiger partial charge in [0.1, 0.15) is 0 Å². The van der Waals surface area contributed by atoms with Crippen molar-refractivity contribution in [3.05, 3.63) is 89.7 Å². The predicted octanol–water partition coefficient (Wildman–Crippen LogP) is 3.98. The van der Waals surface area contributed by atoms with Crippen molar-refractivity contribution < 1.29 is 8.42 Å². The molecule has 0 amide bonds. The molecule has 0 saturated carbocycles. The molecule has 0 unspecified atom stereocenters. The molecular formula is C18H14ClN3O2S. The highest BCUT2D eigenvalue weighted by molar-refractivity contribution is 7.90. The second kappa shape index (κ2) is 7.46. The number of sulfonamides is 1. The zero-order valence-electron chi connectivity index (χ0n) is 13.0. The van der Waals surface area contributed by atoms with E-state index in [1.165, 1.54) is 24.3 Å². The topological polar surface area (TPSA) is 71.4 Å². The van der Waals surface area contributed by atoms with Gasteiger partial charge < -0.3 is 5.32 Å². The van der Waals surface area contributed by atoms with E-state index in [0.717, 1.165) is 0 Å². The number of hydrogen-bond donors (Lipinski definition) is 1. The Hall–Kier alpha value is -2.70. The molecule has 0 bridgehead atoms. The fourth-order valence-electron chi connectivity index (χ4n) is 2.10. The van der Waals surface area contributed by atoms with Crippen LogP contribution in [0.15, 0.2) is 88.4 Å². The van der Waals surface area contributed by atoms with Crippen molar-refractivity contribution >= 4 is 33.1 Å². The number of nitrogens with zero attached hydrogens (tertiary/aromatic N) is 2.